The van der Waals surface area contributed by atoms with Gasteiger partial charge in [-0.25, -0.2) is 4.57 Å². The summed E-state index contributed by atoms with van der Waals surface area (Å²) in [7, 11) is 1.84. The van der Waals surface area contributed by atoms with Gasteiger partial charge in [-0.05, 0) is 36.8 Å². The van der Waals surface area contributed by atoms with Crippen molar-refractivity contribution in [2.24, 2.45) is 7.05 Å². The first kappa shape index (κ1) is 26.9. The number of para-hydroxylation sites is 2. The highest BCUT2D eigenvalue weighted by molar-refractivity contribution is 6.39. The van der Waals surface area contributed by atoms with E-state index in [9.17, 15) is 9.59 Å². The van der Waals surface area contributed by atoms with E-state index >= 15 is 0 Å². The molecule has 1 heterocycles. The molecule has 1 aromatic heterocycles. The topological polar surface area (TPSA) is 71.3 Å². The maximum absolute atomic E-state index is 12.5. The number of esters is 1. The van der Waals surface area contributed by atoms with Gasteiger partial charge in [0, 0.05) is 11.8 Å². The van der Waals surface area contributed by atoms with Crippen molar-refractivity contribution in [3.63, 3.8) is 0 Å². The molecule has 0 spiro atoms. The van der Waals surface area contributed by atoms with Gasteiger partial charge in [-0.1, -0.05) is 47.5 Å². The summed E-state index contributed by atoms with van der Waals surface area (Å²) in [5, 5.41) is 6.94. The minimum absolute atomic E-state index is 0. The van der Waals surface area contributed by atoms with E-state index in [0.717, 1.165) is 5.56 Å². The minimum atomic E-state index is -0.484. The van der Waals surface area contributed by atoms with Crippen molar-refractivity contribution >= 4 is 46.5 Å². The third kappa shape index (κ3) is 7.87. The zero-order valence-corrected chi connectivity index (χ0v) is 21.8. The normalized spacial score (nSPS) is 11.2. The van der Waals surface area contributed by atoms with Crippen molar-refractivity contribution < 1.29 is 42.9 Å². The molecule has 0 aliphatic carbocycles. The maximum Gasteiger partial charge on any atom is 0.310 e. The molecule has 1 unspecified atom stereocenters. The van der Waals surface area contributed by atoms with E-state index in [1.165, 1.54) is 0 Å². The fourth-order valence-electron chi connectivity index (χ4n) is 3.07. The summed E-state index contributed by atoms with van der Waals surface area (Å²) >= 11 is 12.5. The summed E-state index contributed by atoms with van der Waals surface area (Å²) in [6, 6.07) is 16.1. The van der Waals surface area contributed by atoms with Crippen LogP contribution >= 0.6 is 23.2 Å². The molecule has 2 N–H and O–H groups in total. The molecule has 0 bridgehead atoms. The minimum Gasteiger partial charge on any atom is -1.00 e. The summed E-state index contributed by atoms with van der Waals surface area (Å²) < 4.78 is 7.27. The van der Waals surface area contributed by atoms with Crippen molar-refractivity contribution in [3.05, 3.63) is 88.2 Å². The van der Waals surface area contributed by atoms with Crippen LogP contribution in [-0.2, 0) is 23.0 Å². The predicted octanol–water partition coefficient (Wildman–Crippen LogP) is 1.47. The van der Waals surface area contributed by atoms with Crippen LogP contribution in [0.15, 0.2) is 67.0 Å². The van der Waals surface area contributed by atoms with Crippen LogP contribution in [-0.4, -0.2) is 24.5 Å². The molecule has 3 rings (SSSR count). The summed E-state index contributed by atoms with van der Waals surface area (Å²) in [5.41, 5.74) is 2.55. The first-order valence-electron chi connectivity index (χ1n) is 10.1. The van der Waals surface area contributed by atoms with Crippen molar-refractivity contribution in [1.82, 2.24) is 5.32 Å². The number of ether oxygens (including phenoxy) is 1. The van der Waals surface area contributed by atoms with E-state index in [4.69, 9.17) is 27.9 Å². The zero-order valence-electron chi connectivity index (χ0n) is 18.1. The molecule has 9 heteroatoms. The van der Waals surface area contributed by atoms with Crippen molar-refractivity contribution in [3.8, 4) is 0 Å². The molecule has 1 amide bonds. The van der Waals surface area contributed by atoms with E-state index in [0.29, 0.717) is 27.0 Å². The number of halogens is 3. The number of hydrogen-bond donors (Lipinski definition) is 2. The van der Waals surface area contributed by atoms with Crippen molar-refractivity contribution in [2.75, 3.05) is 11.9 Å². The molecule has 1 atom stereocenters. The quantitative estimate of drug-likeness (QED) is 0.234. The number of carbonyl (C=O) groups excluding carboxylic acids is 2. The Kier molecular flexibility index (Phi) is 10.4. The van der Waals surface area contributed by atoms with E-state index in [-0.39, 0.29) is 42.8 Å². The zero-order chi connectivity index (χ0) is 23.1. The van der Waals surface area contributed by atoms with E-state index in [1.54, 1.807) is 48.0 Å². The van der Waals surface area contributed by atoms with Gasteiger partial charge in [0.2, 0.25) is 0 Å². The second-order valence-corrected chi connectivity index (χ2v) is 8.14. The first-order chi connectivity index (χ1) is 15.3. The number of pyridine rings is 1. The number of carbonyl (C=O) groups is 2. The predicted molar refractivity (Wildman–Crippen MR) is 125 cm³/mol. The lowest BCUT2D eigenvalue weighted by atomic mass is 10.1. The number of amides is 1. The third-order valence-electron chi connectivity index (χ3n) is 4.66. The summed E-state index contributed by atoms with van der Waals surface area (Å²) in [5.74, 6) is -0.632. The van der Waals surface area contributed by atoms with Crippen molar-refractivity contribution in [1.29, 1.82) is 0 Å². The summed E-state index contributed by atoms with van der Waals surface area (Å²) in [6.45, 7) is 1.94. The monoisotopic (exact) mass is 599 g/mol. The number of rotatable bonds is 8. The van der Waals surface area contributed by atoms with Crippen LogP contribution in [0.3, 0.4) is 0 Å². The van der Waals surface area contributed by atoms with E-state index in [1.807, 2.05) is 37.5 Å². The van der Waals surface area contributed by atoms with Crippen LogP contribution < -0.4 is 39.2 Å². The third-order valence-corrected chi connectivity index (χ3v) is 5.29. The first-order valence-corrected chi connectivity index (χ1v) is 10.8. The Morgan fingerprint density at radius 1 is 1.03 bits per heavy atom. The average Bonchev–Trinajstić information content (AvgIpc) is 2.75. The van der Waals surface area contributed by atoms with Gasteiger partial charge < -0.3 is 39.3 Å². The Morgan fingerprint density at radius 2 is 1.73 bits per heavy atom. The van der Waals surface area contributed by atoms with Gasteiger partial charge in [0.15, 0.2) is 12.4 Å². The molecule has 0 saturated heterocycles. The molecule has 2 aromatic carbocycles. The number of benzene rings is 2. The number of hydrogen-bond acceptors (Lipinski definition) is 4. The lowest BCUT2D eigenvalue weighted by Gasteiger charge is -2.16. The Labute approximate surface area is 220 Å². The molecule has 0 fully saturated rings. The highest BCUT2D eigenvalue weighted by atomic mass is 127. The SMILES string of the molecule is CC(CNC(=O)c1ccc[n+](C)c1)OC(=O)Cc1ccccc1Nc1c(Cl)cccc1Cl.[I-]. The van der Waals surface area contributed by atoms with Gasteiger partial charge in [-0.3, -0.25) is 9.59 Å². The largest absolute Gasteiger partial charge is 1.00 e. The van der Waals surface area contributed by atoms with Gasteiger partial charge >= 0.3 is 5.97 Å². The maximum atomic E-state index is 12.5. The number of aryl methyl sites for hydroxylation is 1. The molecular weight excluding hydrogens is 576 g/mol. The van der Waals surface area contributed by atoms with Crippen LogP contribution in [0.4, 0.5) is 11.4 Å². The molecule has 6 nitrogen and oxygen atoms in total. The molecule has 174 valence electrons. The Hall–Kier alpha value is -2.36. The van der Waals surface area contributed by atoms with Gasteiger partial charge in [0.25, 0.3) is 5.91 Å². The molecular formula is C24H24Cl2IN3O3. The Bertz CT molecular complexity index is 1110. The number of nitrogens with zero attached hydrogens (tertiary/aromatic N) is 1. The second kappa shape index (κ2) is 12.8. The molecule has 33 heavy (non-hydrogen) atoms. The summed E-state index contributed by atoms with van der Waals surface area (Å²) in [4.78, 5) is 24.8. The van der Waals surface area contributed by atoms with Crippen LogP contribution in [0.2, 0.25) is 10.0 Å². The number of anilines is 2. The second-order valence-electron chi connectivity index (χ2n) is 7.32. The summed E-state index contributed by atoms with van der Waals surface area (Å²) in [6.07, 6.45) is 3.13. The average molecular weight is 600 g/mol. The van der Waals surface area contributed by atoms with Gasteiger partial charge in [0.05, 0.1) is 28.7 Å². The van der Waals surface area contributed by atoms with Crippen LogP contribution in [0.1, 0.15) is 22.8 Å². The fourth-order valence-corrected chi connectivity index (χ4v) is 3.56. The molecule has 3 aromatic rings. The number of nitrogens with one attached hydrogen (secondary N) is 2. The van der Waals surface area contributed by atoms with Gasteiger partial charge in [-0.2, -0.15) is 0 Å². The molecule has 0 radical (unpaired) electrons. The standard InChI is InChI=1S/C24H23Cl2N3O3.HI/c1-16(14-27-24(31)18-8-6-12-29(2)15-18)32-22(30)13-17-7-3-4-11-21(17)28-23-19(25)9-5-10-20(23)26;/h3-12,15-16,28H,13-14H2,1-2H3;1H. The molecule has 0 saturated carbocycles. The molecule has 0 aliphatic rings. The van der Waals surface area contributed by atoms with Crippen LogP contribution in [0.25, 0.3) is 0 Å². The van der Waals surface area contributed by atoms with Gasteiger partial charge in [-0.15, -0.1) is 0 Å². The lowest BCUT2D eigenvalue weighted by molar-refractivity contribution is -0.671. The lowest BCUT2D eigenvalue weighted by Crippen LogP contribution is -3.00. The Morgan fingerprint density at radius 3 is 2.42 bits per heavy atom. The highest BCUT2D eigenvalue weighted by Crippen LogP contribution is 2.33. The van der Waals surface area contributed by atoms with Crippen LogP contribution in [0, 0.1) is 0 Å². The Balaban J connectivity index is 0.00000385. The van der Waals surface area contributed by atoms with E-state index in [2.05, 4.69) is 10.6 Å². The van der Waals surface area contributed by atoms with Gasteiger partial charge in [0.1, 0.15) is 18.7 Å². The smallest absolute Gasteiger partial charge is 0.310 e. The fraction of sp³-hybridized carbons (Fsp3) is 0.208. The molecule has 0 aliphatic heterocycles. The number of aromatic nitrogens is 1. The van der Waals surface area contributed by atoms with E-state index < -0.39 is 12.1 Å². The van der Waals surface area contributed by atoms with Crippen molar-refractivity contribution in [2.45, 2.75) is 19.4 Å². The highest BCUT2D eigenvalue weighted by Gasteiger charge is 2.16. The van der Waals surface area contributed by atoms with Crippen LogP contribution in [0.5, 0.6) is 0 Å².